The number of benzene rings is 1. The molecule has 1 aromatic carbocycles. The molecule has 1 fully saturated rings. The number of carbonyl (C=O) groups excluding carboxylic acids is 2. The quantitative estimate of drug-likeness (QED) is 0.178. The van der Waals surface area contributed by atoms with Crippen LogP contribution < -0.4 is 10.2 Å². The normalized spacial score (nSPS) is 17.0. The van der Waals surface area contributed by atoms with Crippen LogP contribution in [0.25, 0.3) is 11.0 Å². The molecule has 2 unspecified atom stereocenters. The van der Waals surface area contributed by atoms with Crippen molar-refractivity contribution in [2.45, 2.75) is 70.9 Å². The van der Waals surface area contributed by atoms with Crippen molar-refractivity contribution in [2.75, 3.05) is 58.3 Å². The van der Waals surface area contributed by atoms with Crippen LogP contribution in [0.5, 0.6) is 0 Å². The van der Waals surface area contributed by atoms with E-state index in [-0.39, 0.29) is 0 Å². The van der Waals surface area contributed by atoms with Crippen LogP contribution in [0, 0.1) is 5.92 Å². The Balaban J connectivity index is 1.33. The molecule has 240 valence electrons. The molecule has 0 spiro atoms. The molecule has 0 aliphatic heterocycles. The molecule has 0 bridgehead atoms. The summed E-state index contributed by atoms with van der Waals surface area (Å²) in [4.78, 5) is 39.0. The third kappa shape index (κ3) is 9.75. The molecule has 0 radical (unpaired) electrons. The van der Waals surface area contributed by atoms with Gasteiger partial charge in [0.05, 0.1) is 5.39 Å². The third-order valence-electron chi connectivity index (χ3n) is 8.41. The van der Waals surface area contributed by atoms with Crippen LogP contribution >= 0.6 is 0 Å². The Morgan fingerprint density at radius 3 is 2.57 bits per heavy atom. The van der Waals surface area contributed by atoms with Crippen LogP contribution in [0.3, 0.4) is 0 Å². The molecule has 0 saturated heterocycles. The van der Waals surface area contributed by atoms with Gasteiger partial charge in [-0.3, -0.25) is 9.69 Å². The van der Waals surface area contributed by atoms with E-state index in [1.54, 1.807) is 7.05 Å². The summed E-state index contributed by atoms with van der Waals surface area (Å²) in [6.45, 7) is 11.5. The predicted molar refractivity (Wildman–Crippen MR) is 176 cm³/mol. The first kappa shape index (κ1) is 33.4. The summed E-state index contributed by atoms with van der Waals surface area (Å²) in [5.41, 5.74) is 1.65. The number of amides is 2. The Kier molecular flexibility index (Phi) is 12.1. The highest BCUT2D eigenvalue weighted by Gasteiger charge is 2.29. The topological polar surface area (TPSA) is 95.8 Å². The fourth-order valence-electron chi connectivity index (χ4n) is 6.17. The Morgan fingerprint density at radius 2 is 1.82 bits per heavy atom. The van der Waals surface area contributed by atoms with Gasteiger partial charge >= 0.3 is 6.09 Å². The number of anilines is 1. The lowest BCUT2D eigenvalue weighted by atomic mass is 10.1. The number of fused-ring (bicyclic) bond motifs is 1. The zero-order valence-electron chi connectivity index (χ0n) is 27.2. The number of ether oxygens (including phenoxy) is 1. The van der Waals surface area contributed by atoms with E-state index in [1.807, 2.05) is 26.8 Å². The van der Waals surface area contributed by atoms with Crippen molar-refractivity contribution in [2.24, 2.45) is 5.92 Å². The molecule has 2 amide bonds. The van der Waals surface area contributed by atoms with Crippen LogP contribution in [0.15, 0.2) is 48.9 Å². The molecule has 2 heterocycles. The highest BCUT2D eigenvalue weighted by atomic mass is 16.6. The van der Waals surface area contributed by atoms with Gasteiger partial charge in [-0.2, -0.15) is 0 Å². The number of nitrogens with zero attached hydrogens (tertiary/aromatic N) is 6. The lowest BCUT2D eigenvalue weighted by molar-refractivity contribution is -0.109. The molecule has 4 rings (SSSR count). The fourth-order valence-corrected chi connectivity index (χ4v) is 6.17. The Hall–Kier alpha value is -3.50. The smallest absolute Gasteiger partial charge is 0.415 e. The van der Waals surface area contributed by atoms with E-state index in [0.29, 0.717) is 24.3 Å². The minimum absolute atomic E-state index is 0.356. The number of nitrogens with one attached hydrogen (secondary N) is 1. The first-order chi connectivity index (χ1) is 21.1. The second kappa shape index (κ2) is 16.0. The standard InChI is InChI=1S/C34H51N7O3/c1-34(2,3)44-33(43)39(5)31-30-16-22-41(32(30)37-25-36-31)29-14-13-28(23-29)24-40(19-9-17-35-26-42)20-10-18-38(4)21-15-27-11-7-6-8-12-27/h6-8,11-12,16,22,25-26,28-29H,9-10,13-15,17-21,23-24H2,1-5H3,(H,35,42). The summed E-state index contributed by atoms with van der Waals surface area (Å²) in [6, 6.07) is 13.0. The Morgan fingerprint density at radius 1 is 1.05 bits per heavy atom. The molecular weight excluding hydrogens is 554 g/mol. The molecule has 3 aromatic rings. The highest BCUT2D eigenvalue weighted by Crippen LogP contribution is 2.38. The summed E-state index contributed by atoms with van der Waals surface area (Å²) in [6.07, 6.45) is 10.5. The highest BCUT2D eigenvalue weighted by molar-refractivity contribution is 5.97. The van der Waals surface area contributed by atoms with E-state index in [0.717, 1.165) is 82.3 Å². The van der Waals surface area contributed by atoms with Gasteiger partial charge in [0.15, 0.2) is 5.82 Å². The van der Waals surface area contributed by atoms with Gasteiger partial charge in [0, 0.05) is 38.9 Å². The van der Waals surface area contributed by atoms with Gasteiger partial charge < -0.3 is 24.4 Å². The second-order valence-electron chi connectivity index (χ2n) is 13.1. The Labute approximate surface area is 262 Å². The molecule has 10 nitrogen and oxygen atoms in total. The van der Waals surface area contributed by atoms with Gasteiger partial charge in [-0.05, 0) is 104 Å². The lowest BCUT2D eigenvalue weighted by Crippen LogP contribution is -2.34. The van der Waals surface area contributed by atoms with Crippen LogP contribution in [0.2, 0.25) is 0 Å². The number of carbonyl (C=O) groups is 2. The molecule has 1 N–H and O–H groups in total. The molecular formula is C34H51N7O3. The van der Waals surface area contributed by atoms with Crippen molar-refractivity contribution < 1.29 is 14.3 Å². The van der Waals surface area contributed by atoms with E-state index >= 15 is 0 Å². The van der Waals surface area contributed by atoms with Gasteiger partial charge in [0.1, 0.15) is 17.6 Å². The first-order valence-corrected chi connectivity index (χ1v) is 16.0. The summed E-state index contributed by atoms with van der Waals surface area (Å²) >= 11 is 0. The summed E-state index contributed by atoms with van der Waals surface area (Å²) in [5.74, 6) is 1.15. The molecule has 10 heteroatoms. The average Bonchev–Trinajstić information content (AvgIpc) is 3.64. The maximum atomic E-state index is 12.7. The summed E-state index contributed by atoms with van der Waals surface area (Å²) in [5, 5.41) is 3.67. The monoisotopic (exact) mass is 605 g/mol. The number of hydrogen-bond donors (Lipinski definition) is 1. The second-order valence-corrected chi connectivity index (χ2v) is 13.1. The molecule has 1 saturated carbocycles. The fraction of sp³-hybridized carbons (Fsp3) is 0.588. The largest absolute Gasteiger partial charge is 0.443 e. The predicted octanol–water partition coefficient (Wildman–Crippen LogP) is 5.15. The molecule has 1 aliphatic carbocycles. The van der Waals surface area contributed by atoms with Crippen molar-refractivity contribution >= 4 is 29.4 Å². The van der Waals surface area contributed by atoms with Crippen molar-refractivity contribution in [3.63, 3.8) is 0 Å². The van der Waals surface area contributed by atoms with E-state index in [1.165, 1.54) is 23.2 Å². The third-order valence-corrected chi connectivity index (χ3v) is 8.41. The van der Waals surface area contributed by atoms with Crippen molar-refractivity contribution in [1.29, 1.82) is 0 Å². The first-order valence-electron chi connectivity index (χ1n) is 16.0. The van der Waals surface area contributed by atoms with Gasteiger partial charge in [0.2, 0.25) is 6.41 Å². The number of hydrogen-bond acceptors (Lipinski definition) is 7. The molecule has 1 aliphatic rings. The molecule has 2 atom stereocenters. The van der Waals surface area contributed by atoms with E-state index in [2.05, 4.69) is 73.2 Å². The zero-order chi connectivity index (χ0) is 31.5. The zero-order valence-corrected chi connectivity index (χ0v) is 27.2. The molecule has 2 aromatic heterocycles. The van der Waals surface area contributed by atoms with Crippen LogP contribution in [0.1, 0.15) is 64.5 Å². The van der Waals surface area contributed by atoms with Gasteiger partial charge in [-0.25, -0.2) is 14.8 Å². The summed E-state index contributed by atoms with van der Waals surface area (Å²) < 4.78 is 7.83. The van der Waals surface area contributed by atoms with Gasteiger partial charge in [0.25, 0.3) is 0 Å². The average molecular weight is 606 g/mol. The van der Waals surface area contributed by atoms with Gasteiger partial charge in [-0.1, -0.05) is 30.3 Å². The van der Waals surface area contributed by atoms with E-state index < -0.39 is 11.7 Å². The van der Waals surface area contributed by atoms with Crippen molar-refractivity contribution in [3.8, 4) is 0 Å². The minimum atomic E-state index is -0.584. The van der Waals surface area contributed by atoms with Gasteiger partial charge in [-0.15, -0.1) is 0 Å². The van der Waals surface area contributed by atoms with Crippen LogP contribution in [-0.2, 0) is 16.0 Å². The van der Waals surface area contributed by atoms with E-state index in [9.17, 15) is 9.59 Å². The van der Waals surface area contributed by atoms with Crippen LogP contribution in [0.4, 0.5) is 10.6 Å². The SMILES string of the molecule is CN(CCCN(CCCNC=O)CC1CCC(n2ccc3c(N(C)C(=O)OC(C)(C)C)ncnc32)C1)CCc1ccccc1. The Bertz CT molecular complexity index is 1320. The van der Waals surface area contributed by atoms with Crippen LogP contribution in [-0.4, -0.2) is 95.8 Å². The maximum absolute atomic E-state index is 12.7. The number of rotatable bonds is 16. The number of aromatic nitrogens is 3. The van der Waals surface area contributed by atoms with Crippen molar-refractivity contribution in [3.05, 3.63) is 54.5 Å². The van der Waals surface area contributed by atoms with Crippen molar-refractivity contribution in [1.82, 2.24) is 29.7 Å². The minimum Gasteiger partial charge on any atom is -0.443 e. The maximum Gasteiger partial charge on any atom is 0.415 e. The summed E-state index contributed by atoms with van der Waals surface area (Å²) in [7, 11) is 3.91. The lowest BCUT2D eigenvalue weighted by Gasteiger charge is -2.27. The van der Waals surface area contributed by atoms with E-state index in [4.69, 9.17) is 4.74 Å². The molecule has 44 heavy (non-hydrogen) atoms. The number of likely N-dealkylation sites (N-methyl/N-ethyl adjacent to an activating group) is 1.